The predicted octanol–water partition coefficient (Wildman–Crippen LogP) is 4.29. The standard InChI is InChI=1S/C15H21Cl2N3O2/c1-9(20-14(21)22-15(2,3)4)6-5-7-10-8-19-13(18)12(17)11(10)16/h5,7-9H,6H2,1-4H3,(H2,18,19)(H,20,21)/b7-5+/t9-/m0/s1. The maximum atomic E-state index is 11.6. The van der Waals surface area contributed by atoms with Gasteiger partial charge in [-0.3, -0.25) is 0 Å². The Bertz CT molecular complexity index is 569. The fourth-order valence-electron chi connectivity index (χ4n) is 1.57. The summed E-state index contributed by atoms with van der Waals surface area (Å²) in [4.78, 5) is 15.6. The average Bonchev–Trinajstić information content (AvgIpc) is 2.36. The van der Waals surface area contributed by atoms with Crippen molar-refractivity contribution in [2.24, 2.45) is 0 Å². The minimum atomic E-state index is -0.514. The maximum Gasteiger partial charge on any atom is 0.407 e. The number of amides is 1. The lowest BCUT2D eigenvalue weighted by Gasteiger charge is -2.21. The van der Waals surface area contributed by atoms with Crippen LogP contribution in [-0.4, -0.2) is 22.7 Å². The molecule has 0 saturated heterocycles. The van der Waals surface area contributed by atoms with Crippen LogP contribution in [0.25, 0.3) is 6.08 Å². The van der Waals surface area contributed by atoms with Gasteiger partial charge in [-0.1, -0.05) is 35.4 Å². The molecule has 0 saturated carbocycles. The molecular formula is C15H21Cl2N3O2. The lowest BCUT2D eigenvalue weighted by molar-refractivity contribution is 0.0509. The second kappa shape index (κ2) is 7.70. The van der Waals surface area contributed by atoms with Crippen LogP contribution in [0.5, 0.6) is 0 Å². The summed E-state index contributed by atoms with van der Waals surface area (Å²) in [6, 6.07) is -0.0814. The highest BCUT2D eigenvalue weighted by Gasteiger charge is 2.17. The minimum Gasteiger partial charge on any atom is -0.444 e. The summed E-state index contributed by atoms with van der Waals surface area (Å²) in [6.07, 6.45) is 5.37. The summed E-state index contributed by atoms with van der Waals surface area (Å²) in [5.74, 6) is 0.198. The number of nitrogens with zero attached hydrogens (tertiary/aromatic N) is 1. The van der Waals surface area contributed by atoms with Gasteiger partial charge in [0.1, 0.15) is 16.4 Å². The van der Waals surface area contributed by atoms with Gasteiger partial charge >= 0.3 is 6.09 Å². The molecule has 0 aliphatic rings. The van der Waals surface area contributed by atoms with E-state index in [0.717, 1.165) is 0 Å². The second-order valence-corrected chi connectivity index (χ2v) is 6.67. The van der Waals surface area contributed by atoms with Gasteiger partial charge in [-0.15, -0.1) is 0 Å². The van der Waals surface area contributed by atoms with Gasteiger partial charge in [0.15, 0.2) is 0 Å². The molecule has 1 rings (SSSR count). The number of nitrogens with one attached hydrogen (secondary N) is 1. The van der Waals surface area contributed by atoms with E-state index in [1.165, 1.54) is 0 Å². The molecule has 0 aliphatic heterocycles. The first-order chi connectivity index (χ1) is 10.1. The third-order valence-corrected chi connectivity index (χ3v) is 3.45. The van der Waals surface area contributed by atoms with E-state index >= 15 is 0 Å². The van der Waals surface area contributed by atoms with Crippen LogP contribution in [0.1, 0.15) is 39.7 Å². The van der Waals surface area contributed by atoms with Gasteiger partial charge in [0.2, 0.25) is 0 Å². The van der Waals surface area contributed by atoms with Gasteiger partial charge < -0.3 is 15.8 Å². The maximum absolute atomic E-state index is 11.6. The monoisotopic (exact) mass is 345 g/mol. The van der Waals surface area contributed by atoms with E-state index in [0.29, 0.717) is 17.0 Å². The number of nitrogen functional groups attached to an aromatic ring is 1. The van der Waals surface area contributed by atoms with Crippen LogP contribution >= 0.6 is 23.2 Å². The highest BCUT2D eigenvalue weighted by molar-refractivity contribution is 6.44. The highest BCUT2D eigenvalue weighted by Crippen LogP contribution is 2.30. The van der Waals surface area contributed by atoms with Crippen LogP contribution in [0.2, 0.25) is 10.0 Å². The van der Waals surface area contributed by atoms with Crippen LogP contribution < -0.4 is 11.1 Å². The first kappa shape index (κ1) is 18.6. The van der Waals surface area contributed by atoms with E-state index in [4.69, 9.17) is 33.7 Å². The first-order valence-corrected chi connectivity index (χ1v) is 7.61. The summed E-state index contributed by atoms with van der Waals surface area (Å²) in [6.45, 7) is 7.33. The van der Waals surface area contributed by atoms with Crippen LogP contribution in [-0.2, 0) is 4.74 Å². The van der Waals surface area contributed by atoms with E-state index in [2.05, 4.69) is 10.3 Å². The van der Waals surface area contributed by atoms with Gasteiger partial charge in [-0.25, -0.2) is 9.78 Å². The van der Waals surface area contributed by atoms with E-state index in [9.17, 15) is 4.79 Å². The molecule has 0 unspecified atom stereocenters. The molecule has 0 aromatic carbocycles. The summed E-state index contributed by atoms with van der Waals surface area (Å²) in [5, 5.41) is 3.35. The normalized spacial score (nSPS) is 13.2. The third-order valence-electron chi connectivity index (χ3n) is 2.56. The lowest BCUT2D eigenvalue weighted by Crippen LogP contribution is -2.37. The number of pyridine rings is 1. The number of aromatic nitrogens is 1. The zero-order chi connectivity index (χ0) is 16.9. The molecule has 0 aliphatic carbocycles. The summed E-state index contributed by atoms with van der Waals surface area (Å²) < 4.78 is 5.18. The molecule has 5 nitrogen and oxygen atoms in total. The number of hydrogen-bond acceptors (Lipinski definition) is 4. The van der Waals surface area contributed by atoms with E-state index in [1.807, 2.05) is 33.8 Å². The van der Waals surface area contributed by atoms with Gasteiger partial charge in [-0.2, -0.15) is 0 Å². The summed E-state index contributed by atoms with van der Waals surface area (Å²) in [5.41, 5.74) is 5.72. The number of halogens is 2. The van der Waals surface area contributed by atoms with Gasteiger partial charge in [0.05, 0.1) is 5.02 Å². The summed E-state index contributed by atoms with van der Waals surface area (Å²) in [7, 11) is 0. The molecule has 0 bridgehead atoms. The molecule has 122 valence electrons. The molecule has 1 amide bonds. The molecule has 22 heavy (non-hydrogen) atoms. The van der Waals surface area contributed by atoms with Crippen molar-refractivity contribution in [2.45, 2.75) is 45.8 Å². The zero-order valence-electron chi connectivity index (χ0n) is 13.1. The van der Waals surface area contributed by atoms with Gasteiger partial charge in [-0.05, 0) is 34.1 Å². The van der Waals surface area contributed by atoms with Crippen LogP contribution in [0.4, 0.5) is 10.6 Å². The van der Waals surface area contributed by atoms with Crippen molar-refractivity contribution in [3.05, 3.63) is 27.9 Å². The van der Waals surface area contributed by atoms with Gasteiger partial charge in [0.25, 0.3) is 0 Å². The Hall–Kier alpha value is -1.46. The molecule has 0 radical (unpaired) electrons. The zero-order valence-corrected chi connectivity index (χ0v) is 14.6. The predicted molar refractivity (Wildman–Crippen MR) is 91.2 cm³/mol. The Kier molecular flexibility index (Phi) is 6.50. The summed E-state index contributed by atoms with van der Waals surface area (Å²) >= 11 is 12.0. The van der Waals surface area contributed by atoms with Crippen LogP contribution in [0, 0.1) is 0 Å². The van der Waals surface area contributed by atoms with Crippen molar-refractivity contribution in [2.75, 3.05) is 5.73 Å². The largest absolute Gasteiger partial charge is 0.444 e. The number of carbonyl (C=O) groups excluding carboxylic acids is 1. The average molecular weight is 346 g/mol. The van der Waals surface area contributed by atoms with E-state index in [1.54, 1.807) is 12.3 Å². The minimum absolute atomic E-state index is 0.0814. The molecule has 0 fully saturated rings. The number of nitrogens with two attached hydrogens (primary N) is 1. The Morgan fingerprint density at radius 1 is 1.45 bits per heavy atom. The Labute approximate surface area is 140 Å². The van der Waals surface area contributed by atoms with Crippen molar-refractivity contribution in [1.82, 2.24) is 10.3 Å². The Morgan fingerprint density at radius 2 is 2.09 bits per heavy atom. The van der Waals surface area contributed by atoms with Crippen molar-refractivity contribution in [3.8, 4) is 0 Å². The Morgan fingerprint density at radius 3 is 2.68 bits per heavy atom. The number of hydrogen-bond donors (Lipinski definition) is 2. The number of carbonyl (C=O) groups is 1. The quantitative estimate of drug-likeness (QED) is 0.853. The first-order valence-electron chi connectivity index (χ1n) is 6.85. The van der Waals surface area contributed by atoms with Crippen molar-refractivity contribution < 1.29 is 9.53 Å². The van der Waals surface area contributed by atoms with Crippen LogP contribution in [0.15, 0.2) is 12.3 Å². The van der Waals surface area contributed by atoms with Crippen molar-refractivity contribution >= 4 is 41.2 Å². The number of ether oxygens (including phenoxy) is 1. The fraction of sp³-hybridized carbons (Fsp3) is 0.467. The topological polar surface area (TPSA) is 77.2 Å². The van der Waals surface area contributed by atoms with Crippen molar-refractivity contribution in [3.63, 3.8) is 0 Å². The Balaban J connectivity index is 2.56. The molecule has 1 heterocycles. The van der Waals surface area contributed by atoms with E-state index < -0.39 is 11.7 Å². The molecule has 7 heteroatoms. The molecule has 1 aromatic heterocycles. The number of anilines is 1. The van der Waals surface area contributed by atoms with Crippen molar-refractivity contribution in [1.29, 1.82) is 0 Å². The molecule has 0 spiro atoms. The third kappa shape index (κ3) is 6.12. The fourth-order valence-corrected chi connectivity index (χ4v) is 1.94. The molecule has 3 N–H and O–H groups in total. The number of alkyl carbamates (subject to hydrolysis) is 1. The van der Waals surface area contributed by atoms with E-state index in [-0.39, 0.29) is 16.9 Å². The highest BCUT2D eigenvalue weighted by atomic mass is 35.5. The molecule has 1 atom stereocenters. The smallest absolute Gasteiger partial charge is 0.407 e. The lowest BCUT2D eigenvalue weighted by atomic mass is 10.2. The van der Waals surface area contributed by atoms with Gasteiger partial charge in [0, 0.05) is 17.8 Å². The molecule has 1 aromatic rings. The number of rotatable bonds is 4. The molecular weight excluding hydrogens is 325 g/mol. The van der Waals surface area contributed by atoms with Crippen LogP contribution in [0.3, 0.4) is 0 Å². The second-order valence-electron chi connectivity index (χ2n) is 5.91. The SMILES string of the molecule is C[C@@H](C/C=C/c1cnc(N)c(Cl)c1Cl)NC(=O)OC(C)(C)C.